The second-order valence-electron chi connectivity index (χ2n) is 5.17. The molecule has 0 aliphatic carbocycles. The van der Waals surface area contributed by atoms with E-state index >= 15 is 0 Å². The van der Waals surface area contributed by atoms with E-state index < -0.39 is 9.84 Å². The number of rotatable bonds is 3. The Morgan fingerprint density at radius 3 is 2.95 bits per heavy atom. The molecule has 1 aliphatic rings. The van der Waals surface area contributed by atoms with Crippen molar-refractivity contribution >= 4 is 38.0 Å². The normalized spacial score (nSPS) is 21.1. The zero-order valence-corrected chi connectivity index (χ0v) is 12.4. The van der Waals surface area contributed by atoms with Crippen LogP contribution in [0.3, 0.4) is 0 Å². The van der Waals surface area contributed by atoms with Crippen molar-refractivity contribution in [3.05, 3.63) is 35.5 Å². The summed E-state index contributed by atoms with van der Waals surface area (Å²) < 4.78 is 22.9. The highest BCUT2D eigenvalue weighted by molar-refractivity contribution is 7.91. The fourth-order valence-electron chi connectivity index (χ4n) is 2.56. The third-order valence-electron chi connectivity index (χ3n) is 3.61. The largest absolute Gasteiger partial charge is 0.384 e. The lowest BCUT2D eigenvalue weighted by Crippen LogP contribution is -2.15. The molecule has 1 N–H and O–H groups in total. The Hall–Kier alpha value is -1.33. The Morgan fingerprint density at radius 1 is 1.35 bits per heavy atom. The van der Waals surface area contributed by atoms with Crippen LogP contribution in [0.25, 0.3) is 10.9 Å². The van der Waals surface area contributed by atoms with Crippen LogP contribution in [0.5, 0.6) is 0 Å². The number of hydrogen-bond acceptors (Lipinski definition) is 4. The molecule has 106 valence electrons. The summed E-state index contributed by atoms with van der Waals surface area (Å²) in [6.45, 7) is 0.658. The van der Waals surface area contributed by atoms with Crippen LogP contribution >= 0.6 is 11.6 Å². The minimum atomic E-state index is -2.82. The van der Waals surface area contributed by atoms with Gasteiger partial charge in [0.1, 0.15) is 0 Å². The Bertz CT molecular complexity index is 746. The van der Waals surface area contributed by atoms with Gasteiger partial charge >= 0.3 is 0 Å². The standard InChI is InChI=1S/C14H15ClN2O2S/c15-11-1-2-13-12(7-11)14(3-5-16-13)17-8-10-4-6-20(18,19)9-10/h1-3,5,7,10H,4,6,8-9H2,(H,16,17)/t10-/m1/s1. The summed E-state index contributed by atoms with van der Waals surface area (Å²) in [5.74, 6) is 0.772. The number of nitrogens with one attached hydrogen (secondary N) is 1. The van der Waals surface area contributed by atoms with Crippen LogP contribution in [0.4, 0.5) is 5.69 Å². The van der Waals surface area contributed by atoms with Gasteiger partial charge in [0.05, 0.1) is 17.0 Å². The molecule has 0 bridgehead atoms. The van der Waals surface area contributed by atoms with Crippen LogP contribution < -0.4 is 5.32 Å². The second-order valence-corrected chi connectivity index (χ2v) is 7.84. The van der Waals surface area contributed by atoms with Gasteiger partial charge in [0.2, 0.25) is 0 Å². The molecule has 1 aromatic carbocycles. The summed E-state index contributed by atoms with van der Waals surface area (Å²) in [6.07, 6.45) is 2.48. The van der Waals surface area contributed by atoms with Crippen molar-refractivity contribution in [1.82, 2.24) is 4.98 Å². The minimum absolute atomic E-state index is 0.183. The van der Waals surface area contributed by atoms with Crippen LogP contribution in [0.1, 0.15) is 6.42 Å². The SMILES string of the molecule is O=S1(=O)CC[C@H](CNc2ccnc3ccc(Cl)cc23)C1. The van der Waals surface area contributed by atoms with E-state index in [9.17, 15) is 8.42 Å². The van der Waals surface area contributed by atoms with E-state index in [1.54, 1.807) is 6.20 Å². The van der Waals surface area contributed by atoms with Crippen molar-refractivity contribution in [3.63, 3.8) is 0 Å². The Labute approximate surface area is 123 Å². The van der Waals surface area contributed by atoms with E-state index in [2.05, 4.69) is 10.3 Å². The van der Waals surface area contributed by atoms with Gasteiger partial charge in [-0.05, 0) is 36.6 Å². The average Bonchev–Trinajstić information content (AvgIpc) is 2.76. The van der Waals surface area contributed by atoms with Gasteiger partial charge in [0.25, 0.3) is 0 Å². The summed E-state index contributed by atoms with van der Waals surface area (Å²) in [5.41, 5.74) is 1.82. The second kappa shape index (κ2) is 5.22. The Kier molecular flexibility index (Phi) is 3.56. The van der Waals surface area contributed by atoms with Gasteiger partial charge in [-0.25, -0.2) is 8.42 Å². The lowest BCUT2D eigenvalue weighted by molar-refractivity contribution is 0.596. The van der Waals surface area contributed by atoms with E-state index in [4.69, 9.17) is 11.6 Å². The first-order chi connectivity index (χ1) is 9.53. The van der Waals surface area contributed by atoms with Crippen molar-refractivity contribution in [1.29, 1.82) is 0 Å². The molecule has 2 aromatic rings. The summed E-state index contributed by atoms with van der Waals surface area (Å²) in [6, 6.07) is 7.45. The van der Waals surface area contributed by atoms with Crippen LogP contribution in [0.15, 0.2) is 30.5 Å². The third-order valence-corrected chi connectivity index (χ3v) is 5.68. The molecule has 1 fully saturated rings. The number of hydrogen-bond donors (Lipinski definition) is 1. The van der Waals surface area contributed by atoms with Crippen molar-refractivity contribution in [2.24, 2.45) is 5.92 Å². The molecule has 0 spiro atoms. The van der Waals surface area contributed by atoms with Crippen molar-refractivity contribution in [2.75, 3.05) is 23.4 Å². The number of nitrogens with zero attached hydrogens (tertiary/aromatic N) is 1. The molecule has 1 aromatic heterocycles. The maximum atomic E-state index is 11.5. The number of aromatic nitrogens is 1. The molecule has 0 radical (unpaired) electrons. The van der Waals surface area contributed by atoms with E-state index in [1.165, 1.54) is 0 Å². The molecule has 0 unspecified atom stereocenters. The molecule has 1 aliphatic heterocycles. The monoisotopic (exact) mass is 310 g/mol. The summed E-state index contributed by atoms with van der Waals surface area (Å²) >= 11 is 6.02. The molecule has 4 nitrogen and oxygen atoms in total. The quantitative estimate of drug-likeness (QED) is 0.947. The Balaban J connectivity index is 1.79. The molecule has 0 amide bonds. The molecule has 3 rings (SSSR count). The zero-order chi connectivity index (χ0) is 14.2. The number of pyridine rings is 1. The number of anilines is 1. The van der Waals surface area contributed by atoms with Crippen LogP contribution in [-0.4, -0.2) is 31.5 Å². The lowest BCUT2D eigenvalue weighted by atomic mass is 10.1. The fourth-order valence-corrected chi connectivity index (χ4v) is 4.59. The van der Waals surface area contributed by atoms with Gasteiger partial charge in [-0.3, -0.25) is 4.98 Å². The maximum Gasteiger partial charge on any atom is 0.150 e. The van der Waals surface area contributed by atoms with Crippen molar-refractivity contribution < 1.29 is 8.42 Å². The predicted octanol–water partition coefficient (Wildman–Crippen LogP) is 2.73. The molecule has 6 heteroatoms. The maximum absolute atomic E-state index is 11.5. The number of halogens is 1. The molecular formula is C14H15ClN2O2S. The average molecular weight is 311 g/mol. The van der Waals surface area contributed by atoms with Crippen LogP contribution in [0.2, 0.25) is 5.02 Å². The number of sulfone groups is 1. The van der Waals surface area contributed by atoms with Gasteiger partial charge in [-0.15, -0.1) is 0 Å². The number of benzene rings is 1. The first-order valence-corrected chi connectivity index (χ1v) is 8.72. The predicted molar refractivity (Wildman–Crippen MR) is 82.0 cm³/mol. The van der Waals surface area contributed by atoms with Gasteiger partial charge in [-0.2, -0.15) is 0 Å². The zero-order valence-electron chi connectivity index (χ0n) is 10.8. The van der Waals surface area contributed by atoms with Gasteiger partial charge in [0, 0.05) is 28.8 Å². The molecule has 20 heavy (non-hydrogen) atoms. The molecule has 1 atom stereocenters. The van der Waals surface area contributed by atoms with E-state index in [1.807, 2.05) is 24.3 Å². The summed E-state index contributed by atoms with van der Waals surface area (Å²) in [5, 5.41) is 4.95. The molecule has 0 saturated carbocycles. The minimum Gasteiger partial charge on any atom is -0.384 e. The molecule has 1 saturated heterocycles. The Morgan fingerprint density at radius 2 is 2.20 bits per heavy atom. The first-order valence-electron chi connectivity index (χ1n) is 6.52. The number of fused-ring (bicyclic) bond motifs is 1. The highest BCUT2D eigenvalue weighted by Gasteiger charge is 2.27. The smallest absolute Gasteiger partial charge is 0.150 e. The van der Waals surface area contributed by atoms with Crippen molar-refractivity contribution in [2.45, 2.75) is 6.42 Å². The highest BCUT2D eigenvalue weighted by Crippen LogP contribution is 2.26. The lowest BCUT2D eigenvalue weighted by Gasteiger charge is -2.13. The van der Waals surface area contributed by atoms with Crippen LogP contribution in [-0.2, 0) is 9.84 Å². The molecule has 2 heterocycles. The third kappa shape index (κ3) is 2.88. The van der Waals surface area contributed by atoms with E-state index in [0.29, 0.717) is 17.3 Å². The van der Waals surface area contributed by atoms with E-state index in [0.717, 1.165) is 23.0 Å². The first kappa shape index (κ1) is 13.6. The van der Waals surface area contributed by atoms with Gasteiger partial charge in [-0.1, -0.05) is 11.6 Å². The summed E-state index contributed by atoms with van der Waals surface area (Å²) in [7, 11) is -2.82. The summed E-state index contributed by atoms with van der Waals surface area (Å²) in [4.78, 5) is 4.29. The van der Waals surface area contributed by atoms with Gasteiger partial charge in [0.15, 0.2) is 9.84 Å². The topological polar surface area (TPSA) is 59.1 Å². The fraction of sp³-hybridized carbons (Fsp3) is 0.357. The van der Waals surface area contributed by atoms with Crippen molar-refractivity contribution in [3.8, 4) is 0 Å². The highest BCUT2D eigenvalue weighted by atomic mass is 35.5. The van der Waals surface area contributed by atoms with E-state index in [-0.39, 0.29) is 11.7 Å². The van der Waals surface area contributed by atoms with Gasteiger partial charge < -0.3 is 5.32 Å². The van der Waals surface area contributed by atoms with Crippen LogP contribution in [0, 0.1) is 5.92 Å². The molecular weight excluding hydrogens is 296 g/mol.